The summed E-state index contributed by atoms with van der Waals surface area (Å²) in [6.07, 6.45) is 0.880. The average molecular weight is 394 g/mol. The molecule has 6 nitrogen and oxygen atoms in total. The Bertz CT molecular complexity index is 994. The number of amides is 1. The monoisotopic (exact) mass is 394 g/mol. The van der Waals surface area contributed by atoms with Gasteiger partial charge in [0.05, 0.1) is 26.3 Å². The number of oxazole rings is 1. The van der Waals surface area contributed by atoms with E-state index in [2.05, 4.69) is 10.3 Å². The number of methoxy groups -OCH3 is 2. The van der Waals surface area contributed by atoms with Crippen molar-refractivity contribution in [2.45, 2.75) is 26.7 Å². The fourth-order valence-corrected chi connectivity index (χ4v) is 3.12. The molecule has 1 amide bonds. The van der Waals surface area contributed by atoms with Gasteiger partial charge in [0.15, 0.2) is 11.5 Å². The Morgan fingerprint density at radius 3 is 2.55 bits per heavy atom. The van der Waals surface area contributed by atoms with E-state index in [0.29, 0.717) is 41.8 Å². The molecule has 0 radical (unpaired) electrons. The van der Waals surface area contributed by atoms with E-state index in [1.165, 1.54) is 0 Å². The molecule has 0 bridgehead atoms. The van der Waals surface area contributed by atoms with Crippen molar-refractivity contribution < 1.29 is 18.7 Å². The first-order valence-electron chi connectivity index (χ1n) is 9.51. The van der Waals surface area contributed by atoms with Crippen LogP contribution < -0.4 is 14.8 Å². The van der Waals surface area contributed by atoms with Gasteiger partial charge in [-0.3, -0.25) is 4.79 Å². The number of ether oxygens (including phenoxy) is 2. The molecule has 1 N–H and O–H groups in total. The van der Waals surface area contributed by atoms with E-state index in [4.69, 9.17) is 13.9 Å². The first-order chi connectivity index (χ1) is 14.0. The first-order valence-corrected chi connectivity index (χ1v) is 9.51. The summed E-state index contributed by atoms with van der Waals surface area (Å²) in [5, 5.41) is 2.94. The third-order valence-electron chi connectivity index (χ3n) is 4.78. The van der Waals surface area contributed by atoms with E-state index in [-0.39, 0.29) is 12.3 Å². The summed E-state index contributed by atoms with van der Waals surface area (Å²) in [5.41, 5.74) is 3.74. The fourth-order valence-electron chi connectivity index (χ4n) is 3.12. The summed E-state index contributed by atoms with van der Waals surface area (Å²) in [5.74, 6) is 2.50. The summed E-state index contributed by atoms with van der Waals surface area (Å²) < 4.78 is 16.3. The van der Waals surface area contributed by atoms with E-state index in [9.17, 15) is 4.79 Å². The van der Waals surface area contributed by atoms with Gasteiger partial charge in [0.1, 0.15) is 5.76 Å². The van der Waals surface area contributed by atoms with Crippen LogP contribution in [-0.2, 0) is 17.6 Å². The van der Waals surface area contributed by atoms with Crippen molar-refractivity contribution in [1.82, 2.24) is 10.3 Å². The molecule has 152 valence electrons. The molecule has 0 unspecified atom stereocenters. The molecular formula is C23H26N2O4. The van der Waals surface area contributed by atoms with Gasteiger partial charge >= 0.3 is 0 Å². The molecule has 1 heterocycles. The van der Waals surface area contributed by atoms with Crippen LogP contribution in [0.3, 0.4) is 0 Å². The number of aromatic nitrogens is 1. The van der Waals surface area contributed by atoms with Gasteiger partial charge in [-0.05, 0) is 49.6 Å². The Morgan fingerprint density at radius 2 is 1.83 bits per heavy atom. The predicted molar refractivity (Wildman–Crippen MR) is 111 cm³/mol. The molecule has 3 rings (SSSR count). The highest BCUT2D eigenvalue weighted by atomic mass is 16.5. The number of nitrogens with zero attached hydrogens (tertiary/aromatic N) is 1. The van der Waals surface area contributed by atoms with E-state index in [1.54, 1.807) is 14.2 Å². The number of rotatable bonds is 8. The lowest BCUT2D eigenvalue weighted by Crippen LogP contribution is -2.27. The summed E-state index contributed by atoms with van der Waals surface area (Å²) in [6.45, 7) is 4.37. The van der Waals surface area contributed by atoms with Crippen LogP contribution >= 0.6 is 0 Å². The lowest BCUT2D eigenvalue weighted by atomic mass is 10.1. The Balaban J connectivity index is 1.57. The summed E-state index contributed by atoms with van der Waals surface area (Å²) in [6, 6.07) is 13.6. The number of hydrogen-bond acceptors (Lipinski definition) is 5. The lowest BCUT2D eigenvalue weighted by Gasteiger charge is -2.10. The van der Waals surface area contributed by atoms with Crippen molar-refractivity contribution in [3.8, 4) is 23.0 Å². The van der Waals surface area contributed by atoms with Crippen LogP contribution in [0.5, 0.6) is 11.5 Å². The van der Waals surface area contributed by atoms with Crippen LogP contribution in [0.25, 0.3) is 11.5 Å². The maximum absolute atomic E-state index is 12.4. The van der Waals surface area contributed by atoms with Crippen LogP contribution in [0.2, 0.25) is 0 Å². The highest BCUT2D eigenvalue weighted by Crippen LogP contribution is 2.27. The van der Waals surface area contributed by atoms with Gasteiger partial charge in [-0.15, -0.1) is 0 Å². The minimum Gasteiger partial charge on any atom is -0.493 e. The normalized spacial score (nSPS) is 10.6. The molecule has 2 aromatic carbocycles. The van der Waals surface area contributed by atoms with Crippen molar-refractivity contribution in [3.63, 3.8) is 0 Å². The van der Waals surface area contributed by atoms with E-state index in [1.807, 2.05) is 56.3 Å². The maximum atomic E-state index is 12.4. The molecule has 6 heteroatoms. The predicted octanol–water partition coefficient (Wildman–Crippen LogP) is 3.88. The number of hydrogen-bond donors (Lipinski definition) is 1. The molecule has 1 aromatic heterocycles. The Hall–Kier alpha value is -3.28. The third kappa shape index (κ3) is 4.96. The first kappa shape index (κ1) is 20.5. The minimum atomic E-state index is -0.0850. The molecule has 0 atom stereocenters. The van der Waals surface area contributed by atoms with Crippen molar-refractivity contribution in [2.75, 3.05) is 20.8 Å². The van der Waals surface area contributed by atoms with Crippen molar-refractivity contribution in [1.29, 1.82) is 0 Å². The Kier molecular flexibility index (Phi) is 6.54. The number of carbonyl (C=O) groups is 1. The van der Waals surface area contributed by atoms with Crippen molar-refractivity contribution in [3.05, 3.63) is 65.0 Å². The van der Waals surface area contributed by atoms with Crippen LogP contribution in [0.4, 0.5) is 0 Å². The second-order valence-corrected chi connectivity index (χ2v) is 6.80. The zero-order valence-electron chi connectivity index (χ0n) is 17.2. The molecule has 29 heavy (non-hydrogen) atoms. The van der Waals surface area contributed by atoms with Crippen molar-refractivity contribution in [2.24, 2.45) is 0 Å². The average Bonchev–Trinajstić information content (AvgIpc) is 3.08. The fraction of sp³-hybridized carbons (Fsp3) is 0.304. The topological polar surface area (TPSA) is 73.6 Å². The number of benzene rings is 2. The summed E-state index contributed by atoms with van der Waals surface area (Å²) in [7, 11) is 3.21. The smallest absolute Gasteiger partial charge is 0.226 e. The maximum Gasteiger partial charge on any atom is 0.226 e. The third-order valence-corrected chi connectivity index (χ3v) is 4.78. The molecular weight excluding hydrogens is 368 g/mol. The molecule has 0 aliphatic heterocycles. The molecule has 0 aliphatic rings. The minimum absolute atomic E-state index is 0.0850. The van der Waals surface area contributed by atoms with E-state index in [0.717, 1.165) is 16.7 Å². The zero-order chi connectivity index (χ0) is 20.8. The standard InChI is InChI=1S/C23H26N2O4/c1-15-7-5-6-8-18(15)23-25-19(16(2)29-23)14-22(26)24-12-11-17-9-10-20(27-3)21(13-17)28-4/h5-10,13H,11-12,14H2,1-4H3,(H,24,26). The van der Waals surface area contributed by atoms with Gasteiger partial charge in [-0.2, -0.15) is 0 Å². The summed E-state index contributed by atoms with van der Waals surface area (Å²) in [4.78, 5) is 16.9. The number of aryl methyl sites for hydroxylation is 2. The quantitative estimate of drug-likeness (QED) is 0.628. The Morgan fingerprint density at radius 1 is 1.07 bits per heavy atom. The molecule has 0 saturated heterocycles. The zero-order valence-corrected chi connectivity index (χ0v) is 17.2. The highest BCUT2D eigenvalue weighted by Gasteiger charge is 2.15. The van der Waals surface area contributed by atoms with Gasteiger partial charge in [0, 0.05) is 12.1 Å². The second-order valence-electron chi connectivity index (χ2n) is 6.80. The molecule has 3 aromatic rings. The lowest BCUT2D eigenvalue weighted by molar-refractivity contribution is -0.120. The van der Waals surface area contributed by atoms with Crippen molar-refractivity contribution >= 4 is 5.91 Å². The molecule has 0 saturated carbocycles. The molecule has 0 fully saturated rings. The van der Waals surface area contributed by atoms with Gasteiger partial charge in [-0.1, -0.05) is 24.3 Å². The van der Waals surface area contributed by atoms with Gasteiger partial charge < -0.3 is 19.2 Å². The number of nitrogens with one attached hydrogen (secondary N) is 1. The van der Waals surface area contributed by atoms with Gasteiger partial charge in [-0.25, -0.2) is 4.98 Å². The number of carbonyl (C=O) groups excluding carboxylic acids is 1. The van der Waals surface area contributed by atoms with Gasteiger partial charge in [0.2, 0.25) is 11.8 Å². The molecule has 0 aliphatic carbocycles. The van der Waals surface area contributed by atoms with E-state index < -0.39 is 0 Å². The van der Waals surface area contributed by atoms with Crippen LogP contribution in [0.1, 0.15) is 22.6 Å². The second kappa shape index (κ2) is 9.28. The van der Waals surface area contributed by atoms with Crippen LogP contribution in [0, 0.1) is 13.8 Å². The molecule has 0 spiro atoms. The highest BCUT2D eigenvalue weighted by molar-refractivity contribution is 5.78. The largest absolute Gasteiger partial charge is 0.493 e. The van der Waals surface area contributed by atoms with Crippen LogP contribution in [0.15, 0.2) is 46.9 Å². The van der Waals surface area contributed by atoms with Gasteiger partial charge in [0.25, 0.3) is 0 Å². The summed E-state index contributed by atoms with van der Waals surface area (Å²) >= 11 is 0. The van der Waals surface area contributed by atoms with Crippen LogP contribution in [-0.4, -0.2) is 31.7 Å². The SMILES string of the molecule is COc1ccc(CCNC(=O)Cc2nc(-c3ccccc3C)oc2C)cc1OC. The Labute approximate surface area is 170 Å². The van der Waals surface area contributed by atoms with E-state index >= 15 is 0 Å².